The van der Waals surface area contributed by atoms with Crippen LogP contribution >= 0.6 is 35.1 Å². The standard InChI is InChI=1S/C12H14ClNOS2/c1-12(16-7-4-8-17-12)11(14-15)9-5-2-3-6-10(9)13/h2-3,5-6,15H,4,7-8H2,1H3/b14-11-. The first-order valence-corrected chi connectivity index (χ1v) is 7.77. The maximum absolute atomic E-state index is 9.32. The zero-order chi connectivity index (χ0) is 12.3. The van der Waals surface area contributed by atoms with E-state index in [1.807, 2.05) is 47.8 Å². The molecule has 0 spiro atoms. The quantitative estimate of drug-likeness (QED) is 0.505. The molecule has 0 atom stereocenters. The van der Waals surface area contributed by atoms with E-state index in [0.717, 1.165) is 17.1 Å². The lowest BCUT2D eigenvalue weighted by atomic mass is 10.1. The highest BCUT2D eigenvalue weighted by Gasteiger charge is 2.36. The highest BCUT2D eigenvalue weighted by Crippen LogP contribution is 2.45. The summed E-state index contributed by atoms with van der Waals surface area (Å²) in [5.74, 6) is 2.18. The third-order valence-corrected chi connectivity index (χ3v) is 6.21. The van der Waals surface area contributed by atoms with E-state index in [4.69, 9.17) is 11.6 Å². The van der Waals surface area contributed by atoms with Crippen molar-refractivity contribution in [3.8, 4) is 0 Å². The number of benzene rings is 1. The molecular weight excluding hydrogens is 274 g/mol. The van der Waals surface area contributed by atoms with Gasteiger partial charge in [0.2, 0.25) is 0 Å². The molecule has 1 saturated heterocycles. The molecule has 0 bridgehead atoms. The van der Waals surface area contributed by atoms with Gasteiger partial charge in [0.25, 0.3) is 0 Å². The smallest absolute Gasteiger partial charge is 0.114 e. The van der Waals surface area contributed by atoms with Gasteiger partial charge in [0.1, 0.15) is 9.79 Å². The SMILES string of the molecule is CC1(/C(=N\O)c2ccccc2Cl)SCCCS1. The fourth-order valence-electron chi connectivity index (χ4n) is 1.81. The minimum atomic E-state index is -0.210. The van der Waals surface area contributed by atoms with Crippen LogP contribution in [0.15, 0.2) is 29.4 Å². The minimum Gasteiger partial charge on any atom is -0.411 e. The van der Waals surface area contributed by atoms with Gasteiger partial charge in [0.15, 0.2) is 0 Å². The Balaban J connectivity index is 2.37. The van der Waals surface area contributed by atoms with Crippen LogP contribution in [0.3, 0.4) is 0 Å². The fraction of sp³-hybridized carbons (Fsp3) is 0.417. The van der Waals surface area contributed by atoms with Gasteiger partial charge in [-0.1, -0.05) is 35.0 Å². The van der Waals surface area contributed by atoms with Crippen LogP contribution in [0.2, 0.25) is 5.02 Å². The van der Waals surface area contributed by atoms with Gasteiger partial charge in [0, 0.05) is 10.6 Å². The lowest BCUT2D eigenvalue weighted by molar-refractivity contribution is 0.318. The molecule has 1 aromatic carbocycles. The molecule has 2 nitrogen and oxygen atoms in total. The number of rotatable bonds is 2. The normalized spacial score (nSPS) is 20.2. The van der Waals surface area contributed by atoms with Crippen LogP contribution < -0.4 is 0 Å². The third kappa shape index (κ3) is 2.75. The van der Waals surface area contributed by atoms with Gasteiger partial charge in [0.05, 0.1) is 0 Å². The Morgan fingerprint density at radius 1 is 1.35 bits per heavy atom. The van der Waals surface area contributed by atoms with E-state index in [0.29, 0.717) is 10.7 Å². The average Bonchev–Trinajstić information content (AvgIpc) is 2.33. The van der Waals surface area contributed by atoms with Crippen LogP contribution in [0.4, 0.5) is 0 Å². The second-order valence-corrected chi connectivity index (χ2v) is 7.62. The molecule has 1 aliphatic rings. The van der Waals surface area contributed by atoms with Crippen LogP contribution in [-0.4, -0.2) is 26.5 Å². The number of hydrogen-bond donors (Lipinski definition) is 1. The van der Waals surface area contributed by atoms with Gasteiger partial charge in [-0.15, -0.1) is 23.5 Å². The predicted octanol–water partition coefficient (Wildman–Crippen LogP) is 4.10. The summed E-state index contributed by atoms with van der Waals surface area (Å²) in [6.45, 7) is 2.10. The summed E-state index contributed by atoms with van der Waals surface area (Å²) in [4.78, 5) is 0. The highest BCUT2D eigenvalue weighted by molar-refractivity contribution is 8.19. The van der Waals surface area contributed by atoms with Gasteiger partial charge in [-0.3, -0.25) is 0 Å². The first kappa shape index (κ1) is 13.1. The van der Waals surface area contributed by atoms with Crippen LogP contribution in [0.1, 0.15) is 18.9 Å². The number of halogens is 1. The van der Waals surface area contributed by atoms with Crippen molar-refractivity contribution in [2.24, 2.45) is 5.16 Å². The molecule has 0 unspecified atom stereocenters. The first-order valence-electron chi connectivity index (χ1n) is 5.43. The minimum absolute atomic E-state index is 0.210. The molecule has 0 saturated carbocycles. The summed E-state index contributed by atoms with van der Waals surface area (Å²) >= 11 is 9.80. The van der Waals surface area contributed by atoms with Crippen molar-refractivity contribution in [1.29, 1.82) is 0 Å². The summed E-state index contributed by atoms with van der Waals surface area (Å²) in [5.41, 5.74) is 1.49. The predicted molar refractivity (Wildman–Crippen MR) is 77.7 cm³/mol. The van der Waals surface area contributed by atoms with Crippen LogP contribution in [-0.2, 0) is 0 Å². The molecule has 0 radical (unpaired) electrons. The third-order valence-electron chi connectivity index (χ3n) is 2.70. The molecule has 1 aromatic rings. The number of thioether (sulfide) groups is 2. The van der Waals surface area contributed by atoms with E-state index in [1.165, 1.54) is 6.42 Å². The second kappa shape index (κ2) is 5.55. The zero-order valence-electron chi connectivity index (χ0n) is 9.52. The van der Waals surface area contributed by atoms with Crippen molar-refractivity contribution < 1.29 is 5.21 Å². The lowest BCUT2D eigenvalue weighted by Gasteiger charge is -2.33. The molecule has 5 heteroatoms. The van der Waals surface area contributed by atoms with Crippen molar-refractivity contribution in [1.82, 2.24) is 0 Å². The van der Waals surface area contributed by atoms with Crippen molar-refractivity contribution in [2.45, 2.75) is 17.4 Å². The van der Waals surface area contributed by atoms with Gasteiger partial charge >= 0.3 is 0 Å². The number of oxime groups is 1. The Labute approximate surface area is 115 Å². The van der Waals surface area contributed by atoms with Crippen molar-refractivity contribution >= 4 is 40.8 Å². The molecule has 1 heterocycles. The van der Waals surface area contributed by atoms with E-state index in [9.17, 15) is 5.21 Å². The Morgan fingerprint density at radius 2 is 2.00 bits per heavy atom. The molecule has 92 valence electrons. The molecule has 0 aliphatic carbocycles. The monoisotopic (exact) mass is 287 g/mol. The summed E-state index contributed by atoms with van der Waals surface area (Å²) < 4.78 is -0.210. The molecular formula is C12H14ClNOS2. The lowest BCUT2D eigenvalue weighted by Crippen LogP contribution is -2.32. The van der Waals surface area contributed by atoms with E-state index < -0.39 is 0 Å². The van der Waals surface area contributed by atoms with E-state index in [-0.39, 0.29) is 4.08 Å². The topological polar surface area (TPSA) is 32.6 Å². The number of nitrogens with zero attached hydrogens (tertiary/aromatic N) is 1. The Bertz CT molecular complexity index is 430. The summed E-state index contributed by atoms with van der Waals surface area (Å²) in [5, 5.41) is 13.5. The molecule has 1 fully saturated rings. The summed E-state index contributed by atoms with van der Waals surface area (Å²) in [6, 6.07) is 7.51. The van der Waals surface area contributed by atoms with Crippen LogP contribution in [0.5, 0.6) is 0 Å². The summed E-state index contributed by atoms with van der Waals surface area (Å²) in [6.07, 6.45) is 1.20. The number of hydrogen-bond acceptors (Lipinski definition) is 4. The Morgan fingerprint density at radius 3 is 2.59 bits per heavy atom. The van der Waals surface area contributed by atoms with Gasteiger partial charge in [-0.05, 0) is 30.9 Å². The molecule has 0 amide bonds. The van der Waals surface area contributed by atoms with Crippen molar-refractivity contribution in [2.75, 3.05) is 11.5 Å². The second-order valence-electron chi connectivity index (χ2n) is 3.92. The fourth-order valence-corrected chi connectivity index (χ4v) is 4.99. The highest BCUT2D eigenvalue weighted by atomic mass is 35.5. The largest absolute Gasteiger partial charge is 0.411 e. The van der Waals surface area contributed by atoms with Gasteiger partial charge < -0.3 is 5.21 Å². The molecule has 1 aliphatic heterocycles. The molecule has 1 N–H and O–H groups in total. The van der Waals surface area contributed by atoms with Crippen LogP contribution in [0.25, 0.3) is 0 Å². The molecule has 2 rings (SSSR count). The maximum Gasteiger partial charge on any atom is 0.114 e. The van der Waals surface area contributed by atoms with Gasteiger partial charge in [-0.25, -0.2) is 0 Å². The van der Waals surface area contributed by atoms with Crippen molar-refractivity contribution in [3.05, 3.63) is 34.9 Å². The van der Waals surface area contributed by atoms with E-state index >= 15 is 0 Å². The zero-order valence-corrected chi connectivity index (χ0v) is 11.9. The van der Waals surface area contributed by atoms with E-state index in [2.05, 4.69) is 12.1 Å². The average molecular weight is 288 g/mol. The van der Waals surface area contributed by atoms with Gasteiger partial charge in [-0.2, -0.15) is 0 Å². The van der Waals surface area contributed by atoms with Crippen molar-refractivity contribution in [3.63, 3.8) is 0 Å². The maximum atomic E-state index is 9.32. The first-order chi connectivity index (χ1) is 8.17. The summed E-state index contributed by atoms with van der Waals surface area (Å²) in [7, 11) is 0. The Kier molecular flexibility index (Phi) is 4.28. The van der Waals surface area contributed by atoms with E-state index in [1.54, 1.807) is 0 Å². The molecule has 0 aromatic heterocycles. The Hall–Kier alpha value is -0.320. The van der Waals surface area contributed by atoms with Crippen LogP contribution in [0, 0.1) is 0 Å². The molecule has 17 heavy (non-hydrogen) atoms.